The van der Waals surface area contributed by atoms with Crippen molar-refractivity contribution >= 4 is 6.08 Å². The maximum absolute atomic E-state index is 11.7. The predicted molar refractivity (Wildman–Crippen MR) is 43.2 cm³/mol. The van der Waals surface area contributed by atoms with E-state index in [4.69, 9.17) is 5.11 Å². The molecule has 4 heteroatoms. The molecular formula is C9H7F3O. The Hall–Kier alpha value is -1.45. The molecule has 13 heavy (non-hydrogen) atoms. The minimum atomic E-state index is -4.34. The van der Waals surface area contributed by atoms with Crippen LogP contribution in [-0.4, -0.2) is 11.3 Å². The van der Waals surface area contributed by atoms with Crippen molar-refractivity contribution in [2.75, 3.05) is 0 Å². The van der Waals surface area contributed by atoms with Gasteiger partial charge in [-0.2, -0.15) is 13.2 Å². The third-order valence-corrected chi connectivity index (χ3v) is 1.39. The molecule has 0 saturated carbocycles. The summed E-state index contributed by atoms with van der Waals surface area (Å²) in [6, 6.07) is 5.82. The lowest BCUT2D eigenvalue weighted by atomic mass is 10.2. The standard InChI is InChI=1S/C9H7F3O/c10-9(11,12)6-5-7-3-1-2-4-8(7)13/h1-6,13H/b6-5+. The molecule has 0 fully saturated rings. The molecule has 70 valence electrons. The van der Waals surface area contributed by atoms with Crippen molar-refractivity contribution < 1.29 is 18.3 Å². The Morgan fingerprint density at radius 3 is 2.31 bits per heavy atom. The van der Waals surface area contributed by atoms with Gasteiger partial charge in [0, 0.05) is 11.6 Å². The number of rotatable bonds is 1. The van der Waals surface area contributed by atoms with E-state index < -0.39 is 6.18 Å². The Bertz CT molecular complexity index is 315. The van der Waals surface area contributed by atoms with Crippen LogP contribution in [0.3, 0.4) is 0 Å². The molecule has 1 aromatic carbocycles. The minimum absolute atomic E-state index is 0.0854. The van der Waals surface area contributed by atoms with Crippen LogP contribution >= 0.6 is 0 Å². The number of para-hydroxylation sites is 1. The van der Waals surface area contributed by atoms with Crippen LogP contribution in [0.5, 0.6) is 5.75 Å². The summed E-state index contributed by atoms with van der Waals surface area (Å²) in [5.74, 6) is -0.164. The molecule has 0 aromatic heterocycles. The van der Waals surface area contributed by atoms with Crippen molar-refractivity contribution in [1.29, 1.82) is 0 Å². The molecule has 0 bridgehead atoms. The van der Waals surface area contributed by atoms with Crippen molar-refractivity contribution in [1.82, 2.24) is 0 Å². The summed E-state index contributed by atoms with van der Waals surface area (Å²) >= 11 is 0. The van der Waals surface area contributed by atoms with E-state index in [1.165, 1.54) is 12.1 Å². The Morgan fingerprint density at radius 2 is 1.77 bits per heavy atom. The molecule has 0 heterocycles. The normalized spacial score (nSPS) is 12.2. The number of hydrogen-bond donors (Lipinski definition) is 1. The second-order valence-corrected chi connectivity index (χ2v) is 2.43. The van der Waals surface area contributed by atoms with Crippen LogP contribution in [0.2, 0.25) is 0 Å². The Kier molecular flexibility index (Phi) is 2.60. The second kappa shape index (κ2) is 3.51. The maximum Gasteiger partial charge on any atom is 0.409 e. The topological polar surface area (TPSA) is 20.2 Å². The van der Waals surface area contributed by atoms with Crippen LogP contribution < -0.4 is 0 Å². The molecule has 0 spiro atoms. The largest absolute Gasteiger partial charge is 0.507 e. The third kappa shape index (κ3) is 3.19. The lowest BCUT2D eigenvalue weighted by molar-refractivity contribution is -0.0790. The van der Waals surface area contributed by atoms with Crippen molar-refractivity contribution in [3.05, 3.63) is 35.9 Å². The summed E-state index contributed by atoms with van der Waals surface area (Å²) in [6.07, 6.45) is -3.43. The van der Waals surface area contributed by atoms with Gasteiger partial charge < -0.3 is 5.11 Å². The highest BCUT2D eigenvalue weighted by Crippen LogP contribution is 2.22. The first-order chi connectivity index (χ1) is 5.99. The number of hydrogen-bond acceptors (Lipinski definition) is 1. The van der Waals surface area contributed by atoms with Crippen LogP contribution in [0.25, 0.3) is 6.08 Å². The summed E-state index contributed by atoms with van der Waals surface area (Å²) in [5.41, 5.74) is 0.153. The lowest BCUT2D eigenvalue weighted by Gasteiger charge is -1.99. The van der Waals surface area contributed by atoms with Crippen LogP contribution in [0, 0.1) is 0 Å². The molecule has 1 nitrogen and oxygen atoms in total. The van der Waals surface area contributed by atoms with E-state index in [0.29, 0.717) is 0 Å². The van der Waals surface area contributed by atoms with Crippen LogP contribution in [0.15, 0.2) is 30.3 Å². The Balaban J connectivity index is 2.86. The summed E-state index contributed by atoms with van der Waals surface area (Å²) < 4.78 is 35.1. The van der Waals surface area contributed by atoms with E-state index >= 15 is 0 Å². The lowest BCUT2D eigenvalue weighted by Crippen LogP contribution is -2.00. The summed E-state index contributed by atoms with van der Waals surface area (Å²) in [5, 5.41) is 9.09. The molecule has 0 amide bonds. The average molecular weight is 188 g/mol. The van der Waals surface area contributed by atoms with Crippen LogP contribution in [0.1, 0.15) is 5.56 Å². The molecule has 0 radical (unpaired) electrons. The molecule has 0 aliphatic heterocycles. The van der Waals surface area contributed by atoms with E-state index in [1.807, 2.05) is 0 Å². The third-order valence-electron chi connectivity index (χ3n) is 1.39. The van der Waals surface area contributed by atoms with Crippen molar-refractivity contribution in [2.45, 2.75) is 6.18 Å². The summed E-state index contributed by atoms with van der Waals surface area (Å²) in [6.45, 7) is 0. The van der Waals surface area contributed by atoms with Gasteiger partial charge in [-0.1, -0.05) is 18.2 Å². The number of alkyl halides is 3. The van der Waals surface area contributed by atoms with Crippen molar-refractivity contribution in [3.63, 3.8) is 0 Å². The summed E-state index contributed by atoms with van der Waals surface area (Å²) in [7, 11) is 0. The number of aromatic hydroxyl groups is 1. The highest BCUT2D eigenvalue weighted by molar-refractivity contribution is 5.56. The average Bonchev–Trinajstić information content (AvgIpc) is 2.01. The molecule has 0 atom stereocenters. The van der Waals surface area contributed by atoms with Gasteiger partial charge in [0.2, 0.25) is 0 Å². The molecule has 1 aromatic rings. The predicted octanol–water partition coefficient (Wildman–Crippen LogP) is 2.97. The molecule has 0 aliphatic rings. The quantitative estimate of drug-likeness (QED) is 0.718. The highest BCUT2D eigenvalue weighted by Gasteiger charge is 2.21. The molecule has 1 rings (SSSR count). The van der Waals surface area contributed by atoms with Crippen LogP contribution in [-0.2, 0) is 0 Å². The van der Waals surface area contributed by atoms with Gasteiger partial charge in [0.1, 0.15) is 5.75 Å². The van der Waals surface area contributed by atoms with Gasteiger partial charge in [-0.05, 0) is 12.1 Å². The smallest absolute Gasteiger partial charge is 0.409 e. The van der Waals surface area contributed by atoms with Crippen molar-refractivity contribution in [2.24, 2.45) is 0 Å². The van der Waals surface area contributed by atoms with Crippen molar-refractivity contribution in [3.8, 4) is 5.75 Å². The SMILES string of the molecule is Oc1ccccc1/C=C/C(F)(F)F. The van der Waals surface area contributed by atoms with Gasteiger partial charge in [-0.25, -0.2) is 0 Å². The van der Waals surface area contributed by atoms with Gasteiger partial charge in [0.15, 0.2) is 0 Å². The van der Waals surface area contributed by atoms with Gasteiger partial charge >= 0.3 is 6.18 Å². The van der Waals surface area contributed by atoms with Gasteiger partial charge in [0.25, 0.3) is 0 Å². The fourth-order valence-electron chi connectivity index (χ4n) is 0.813. The first-order valence-corrected chi connectivity index (χ1v) is 3.53. The zero-order valence-electron chi connectivity index (χ0n) is 6.55. The fourth-order valence-corrected chi connectivity index (χ4v) is 0.813. The van der Waals surface area contributed by atoms with E-state index in [1.54, 1.807) is 12.1 Å². The zero-order chi connectivity index (χ0) is 9.90. The summed E-state index contributed by atoms with van der Waals surface area (Å²) in [4.78, 5) is 0. The molecule has 0 aliphatic carbocycles. The number of benzene rings is 1. The number of halogens is 3. The van der Waals surface area contributed by atoms with Crippen LogP contribution in [0.4, 0.5) is 13.2 Å². The van der Waals surface area contributed by atoms with E-state index in [2.05, 4.69) is 0 Å². The van der Waals surface area contributed by atoms with Gasteiger partial charge in [-0.15, -0.1) is 0 Å². The molecular weight excluding hydrogens is 181 g/mol. The Labute approximate surface area is 73.1 Å². The Morgan fingerprint density at radius 1 is 1.15 bits per heavy atom. The first-order valence-electron chi connectivity index (χ1n) is 3.53. The van der Waals surface area contributed by atoms with E-state index in [-0.39, 0.29) is 17.4 Å². The number of allylic oxidation sites excluding steroid dienone is 1. The number of phenols is 1. The van der Waals surface area contributed by atoms with Gasteiger partial charge in [-0.3, -0.25) is 0 Å². The van der Waals surface area contributed by atoms with E-state index in [9.17, 15) is 13.2 Å². The molecule has 0 saturated heterocycles. The first kappa shape index (κ1) is 9.64. The zero-order valence-corrected chi connectivity index (χ0v) is 6.55. The maximum atomic E-state index is 11.7. The monoisotopic (exact) mass is 188 g/mol. The minimum Gasteiger partial charge on any atom is -0.507 e. The molecule has 1 N–H and O–H groups in total. The highest BCUT2D eigenvalue weighted by atomic mass is 19.4. The molecule has 0 unspecified atom stereocenters. The second-order valence-electron chi connectivity index (χ2n) is 2.43. The van der Waals surface area contributed by atoms with E-state index in [0.717, 1.165) is 6.08 Å². The van der Waals surface area contributed by atoms with Gasteiger partial charge in [0.05, 0.1) is 0 Å². The number of phenolic OH excluding ortho intramolecular Hbond substituents is 1. The fraction of sp³-hybridized carbons (Fsp3) is 0.111.